The molecule has 0 fully saturated rings. The summed E-state index contributed by atoms with van der Waals surface area (Å²) >= 11 is 3.36. The summed E-state index contributed by atoms with van der Waals surface area (Å²) in [6.07, 6.45) is -4.57. The molecule has 4 aromatic rings. The van der Waals surface area contributed by atoms with Gasteiger partial charge < -0.3 is 4.57 Å². The second kappa shape index (κ2) is 8.03. The van der Waals surface area contributed by atoms with Gasteiger partial charge in [-0.3, -0.25) is 10.1 Å². The minimum Gasteiger partial charge on any atom is -0.309 e. The maximum atomic E-state index is 13.8. The Morgan fingerprint density at radius 3 is 2.10 bits per heavy atom. The number of alkyl halides is 3. The SMILES string of the molecule is O=[N+]([O-])c1cccc(-c2ccc(-c3ccc(Br)cc3)n2-c2ccccc2C(F)(F)F)c1. The molecule has 31 heavy (non-hydrogen) atoms. The zero-order valence-corrected chi connectivity index (χ0v) is 17.4. The predicted molar refractivity (Wildman–Crippen MR) is 116 cm³/mol. The molecule has 0 N–H and O–H groups in total. The molecule has 1 aromatic heterocycles. The van der Waals surface area contributed by atoms with Crippen LogP contribution in [-0.4, -0.2) is 9.49 Å². The van der Waals surface area contributed by atoms with Crippen LogP contribution in [-0.2, 0) is 6.18 Å². The minimum absolute atomic E-state index is 0.0561. The van der Waals surface area contributed by atoms with Crippen LogP contribution in [0.25, 0.3) is 28.2 Å². The molecule has 0 atom stereocenters. The normalized spacial score (nSPS) is 11.5. The number of rotatable bonds is 4. The van der Waals surface area contributed by atoms with Crippen molar-refractivity contribution < 1.29 is 18.1 Å². The fraction of sp³-hybridized carbons (Fsp3) is 0.0435. The fourth-order valence-corrected chi connectivity index (χ4v) is 3.72. The van der Waals surface area contributed by atoms with Crippen molar-refractivity contribution in [2.24, 2.45) is 0 Å². The first-order valence-corrected chi connectivity index (χ1v) is 9.94. The molecule has 4 nitrogen and oxygen atoms in total. The highest BCUT2D eigenvalue weighted by atomic mass is 79.9. The highest BCUT2D eigenvalue weighted by Gasteiger charge is 2.34. The lowest BCUT2D eigenvalue weighted by atomic mass is 10.1. The largest absolute Gasteiger partial charge is 0.418 e. The van der Waals surface area contributed by atoms with Gasteiger partial charge in [-0.1, -0.05) is 52.3 Å². The summed E-state index contributed by atoms with van der Waals surface area (Å²) in [7, 11) is 0. The maximum absolute atomic E-state index is 13.8. The van der Waals surface area contributed by atoms with Crippen LogP contribution < -0.4 is 0 Å². The molecular weight excluding hydrogens is 473 g/mol. The standard InChI is InChI=1S/C23H14BrF3N2O2/c24-17-10-8-15(9-11-17)20-12-13-21(16-4-3-5-18(14-16)29(30)31)28(20)22-7-2-1-6-19(22)23(25,26)27/h1-14H. The van der Waals surface area contributed by atoms with Gasteiger partial charge in [0.2, 0.25) is 0 Å². The van der Waals surface area contributed by atoms with E-state index in [9.17, 15) is 23.3 Å². The van der Waals surface area contributed by atoms with E-state index in [0.29, 0.717) is 22.5 Å². The third-order valence-corrected chi connectivity index (χ3v) is 5.35. The van der Waals surface area contributed by atoms with Crippen LogP contribution in [0.3, 0.4) is 0 Å². The van der Waals surface area contributed by atoms with Crippen LogP contribution in [0.15, 0.2) is 89.4 Å². The third kappa shape index (κ3) is 4.11. The average Bonchev–Trinajstić information content (AvgIpc) is 3.19. The molecule has 0 aliphatic rings. The van der Waals surface area contributed by atoms with Crippen LogP contribution in [0.5, 0.6) is 0 Å². The van der Waals surface area contributed by atoms with Crippen molar-refractivity contribution in [2.75, 3.05) is 0 Å². The number of halogens is 4. The summed E-state index contributed by atoms with van der Waals surface area (Å²) in [5.41, 5.74) is 1.10. The van der Waals surface area contributed by atoms with Gasteiger partial charge in [0.05, 0.1) is 27.6 Å². The van der Waals surface area contributed by atoms with E-state index in [-0.39, 0.29) is 11.4 Å². The number of benzene rings is 3. The van der Waals surface area contributed by atoms with Gasteiger partial charge in [-0.15, -0.1) is 0 Å². The fourth-order valence-electron chi connectivity index (χ4n) is 3.45. The molecule has 4 rings (SSSR count). The summed E-state index contributed by atoms with van der Waals surface area (Å²) < 4.78 is 43.8. The smallest absolute Gasteiger partial charge is 0.309 e. The predicted octanol–water partition coefficient (Wildman–Crippen LogP) is 7.50. The lowest BCUT2D eigenvalue weighted by Gasteiger charge is -2.19. The number of nitro benzene ring substituents is 1. The van der Waals surface area contributed by atoms with Gasteiger partial charge in [-0.25, -0.2) is 0 Å². The molecule has 0 radical (unpaired) electrons. The van der Waals surface area contributed by atoms with E-state index in [2.05, 4.69) is 15.9 Å². The van der Waals surface area contributed by atoms with E-state index in [1.54, 1.807) is 42.5 Å². The topological polar surface area (TPSA) is 48.1 Å². The molecule has 0 aliphatic carbocycles. The molecule has 0 saturated heterocycles. The van der Waals surface area contributed by atoms with Crippen molar-refractivity contribution in [3.63, 3.8) is 0 Å². The van der Waals surface area contributed by atoms with Gasteiger partial charge in [-0.05, 0) is 42.0 Å². The second-order valence-corrected chi connectivity index (χ2v) is 7.68. The lowest BCUT2D eigenvalue weighted by molar-refractivity contribution is -0.384. The van der Waals surface area contributed by atoms with Gasteiger partial charge in [0.15, 0.2) is 0 Å². The number of nitrogens with zero attached hydrogens (tertiary/aromatic N) is 2. The first-order valence-electron chi connectivity index (χ1n) is 9.15. The molecule has 156 valence electrons. The molecule has 3 aromatic carbocycles. The molecule has 1 heterocycles. The molecule has 0 aliphatic heterocycles. The lowest BCUT2D eigenvalue weighted by Crippen LogP contribution is -2.12. The Balaban J connectivity index is 2.02. The number of hydrogen-bond donors (Lipinski definition) is 0. The van der Waals surface area contributed by atoms with E-state index < -0.39 is 16.7 Å². The Bertz CT molecular complexity index is 1260. The Hall–Kier alpha value is -3.39. The van der Waals surface area contributed by atoms with E-state index in [4.69, 9.17) is 0 Å². The van der Waals surface area contributed by atoms with Crippen LogP contribution in [0.2, 0.25) is 0 Å². The number of non-ortho nitro benzene ring substituents is 1. The van der Waals surface area contributed by atoms with E-state index in [1.165, 1.54) is 41.0 Å². The number of nitro groups is 1. The summed E-state index contributed by atoms with van der Waals surface area (Å²) in [4.78, 5) is 10.7. The average molecular weight is 487 g/mol. The zero-order chi connectivity index (χ0) is 22.2. The monoisotopic (exact) mass is 486 g/mol. The van der Waals surface area contributed by atoms with E-state index >= 15 is 0 Å². The first-order chi connectivity index (χ1) is 14.8. The van der Waals surface area contributed by atoms with Crippen molar-refractivity contribution >= 4 is 21.6 Å². The van der Waals surface area contributed by atoms with Crippen molar-refractivity contribution in [3.8, 4) is 28.2 Å². The first kappa shape index (κ1) is 20.9. The Morgan fingerprint density at radius 1 is 0.806 bits per heavy atom. The summed E-state index contributed by atoms with van der Waals surface area (Å²) in [5, 5.41) is 11.2. The van der Waals surface area contributed by atoms with Gasteiger partial charge in [0.25, 0.3) is 5.69 Å². The molecule has 8 heteroatoms. The van der Waals surface area contributed by atoms with Crippen LogP contribution >= 0.6 is 15.9 Å². The summed E-state index contributed by atoms with van der Waals surface area (Å²) in [5.74, 6) is 0. The van der Waals surface area contributed by atoms with Gasteiger partial charge >= 0.3 is 6.18 Å². The highest BCUT2D eigenvalue weighted by Crippen LogP contribution is 2.39. The van der Waals surface area contributed by atoms with Crippen LogP contribution in [0.1, 0.15) is 5.56 Å². The van der Waals surface area contributed by atoms with Gasteiger partial charge in [0, 0.05) is 22.2 Å². The van der Waals surface area contributed by atoms with E-state index in [0.717, 1.165) is 10.5 Å². The van der Waals surface area contributed by atoms with Crippen LogP contribution in [0, 0.1) is 10.1 Å². The van der Waals surface area contributed by atoms with Crippen molar-refractivity contribution in [1.29, 1.82) is 0 Å². The minimum atomic E-state index is -4.57. The molecule has 0 unspecified atom stereocenters. The Kier molecular flexibility index (Phi) is 5.41. The Morgan fingerprint density at radius 2 is 1.45 bits per heavy atom. The molecule has 0 amide bonds. The molecular formula is C23H14BrF3N2O2. The highest BCUT2D eigenvalue weighted by molar-refractivity contribution is 9.10. The van der Waals surface area contributed by atoms with Gasteiger partial charge in [0.1, 0.15) is 0 Å². The number of aromatic nitrogens is 1. The van der Waals surface area contributed by atoms with Crippen molar-refractivity contribution in [3.05, 3.63) is 105 Å². The number of hydrogen-bond acceptors (Lipinski definition) is 2. The van der Waals surface area contributed by atoms with Gasteiger partial charge in [-0.2, -0.15) is 13.2 Å². The quantitative estimate of drug-likeness (QED) is 0.221. The third-order valence-electron chi connectivity index (χ3n) is 4.82. The summed E-state index contributed by atoms with van der Waals surface area (Å²) in [6.45, 7) is 0. The van der Waals surface area contributed by atoms with Crippen LogP contribution in [0.4, 0.5) is 18.9 Å². The molecule has 0 saturated carbocycles. The van der Waals surface area contributed by atoms with Crippen molar-refractivity contribution in [2.45, 2.75) is 6.18 Å². The Labute approximate surface area is 183 Å². The molecule has 0 spiro atoms. The zero-order valence-electron chi connectivity index (χ0n) is 15.8. The van der Waals surface area contributed by atoms with E-state index in [1.807, 2.05) is 0 Å². The summed E-state index contributed by atoms with van der Waals surface area (Å²) in [6, 6.07) is 21.7. The maximum Gasteiger partial charge on any atom is 0.418 e. The second-order valence-electron chi connectivity index (χ2n) is 6.77. The molecule has 0 bridgehead atoms. The number of para-hydroxylation sites is 1. The van der Waals surface area contributed by atoms with Crippen molar-refractivity contribution in [1.82, 2.24) is 4.57 Å².